The van der Waals surface area contributed by atoms with Crippen LogP contribution in [0.25, 0.3) is 5.70 Å². The van der Waals surface area contributed by atoms with E-state index in [1.807, 2.05) is 0 Å². The van der Waals surface area contributed by atoms with E-state index in [2.05, 4.69) is 48.0 Å². The van der Waals surface area contributed by atoms with Gasteiger partial charge in [-0.1, -0.05) is 6.58 Å². The summed E-state index contributed by atoms with van der Waals surface area (Å²) in [4.78, 5) is 8.84. The van der Waals surface area contributed by atoms with Crippen LogP contribution in [0.3, 0.4) is 0 Å². The summed E-state index contributed by atoms with van der Waals surface area (Å²) >= 11 is 0. The van der Waals surface area contributed by atoms with Crippen molar-refractivity contribution in [2.24, 2.45) is 5.73 Å². The molecule has 6 nitrogen and oxygen atoms in total. The molecule has 2 atom stereocenters. The van der Waals surface area contributed by atoms with E-state index in [0.717, 1.165) is 25.7 Å². The number of nitrogens with one attached hydrogen (secondary N) is 2. The summed E-state index contributed by atoms with van der Waals surface area (Å²) in [7, 11) is 0. The van der Waals surface area contributed by atoms with Gasteiger partial charge in [-0.2, -0.15) is 4.98 Å². The predicted octanol–water partition coefficient (Wildman–Crippen LogP) is 2.33. The van der Waals surface area contributed by atoms with Crippen molar-refractivity contribution < 1.29 is 5.11 Å². The van der Waals surface area contributed by atoms with Crippen molar-refractivity contribution >= 4 is 17.5 Å². The Kier molecular flexibility index (Phi) is 4.90. The van der Waals surface area contributed by atoms with Gasteiger partial charge < -0.3 is 21.5 Å². The van der Waals surface area contributed by atoms with Crippen LogP contribution < -0.4 is 16.4 Å². The van der Waals surface area contributed by atoms with Gasteiger partial charge in [-0.3, -0.25) is 0 Å². The van der Waals surface area contributed by atoms with Crippen LogP contribution in [0.1, 0.15) is 52.0 Å². The lowest BCUT2D eigenvalue weighted by Gasteiger charge is -2.28. The number of aliphatic hydroxyl groups is 1. The van der Waals surface area contributed by atoms with Crippen molar-refractivity contribution in [3.05, 3.63) is 18.3 Å². The van der Waals surface area contributed by atoms with Gasteiger partial charge in [0.25, 0.3) is 0 Å². The first kappa shape index (κ1) is 16.5. The summed E-state index contributed by atoms with van der Waals surface area (Å²) in [6, 6.07) is 0.194. The van der Waals surface area contributed by atoms with Gasteiger partial charge in [-0.25, -0.2) is 4.98 Å². The first-order valence-electron chi connectivity index (χ1n) is 7.79. The van der Waals surface area contributed by atoms with Gasteiger partial charge in [-0.15, -0.1) is 0 Å². The highest BCUT2D eigenvalue weighted by molar-refractivity contribution is 5.71. The number of anilines is 2. The maximum Gasteiger partial charge on any atom is 0.225 e. The molecular formula is C16H27N5O. The SMILES string of the molecule is C=C(N)c1cnc(NC(C)(C)C)nc1N[C@@H]1CCC[C@H](O)C1. The van der Waals surface area contributed by atoms with Gasteiger partial charge in [0, 0.05) is 23.5 Å². The standard InChI is InChI=1S/C16H27N5O/c1-10(17)13-9-18-15(21-16(2,3)4)20-14(13)19-11-6-5-7-12(22)8-11/h9,11-12,22H,1,5-8,17H2,2-4H3,(H2,18,19,20,21)/t11-,12+/m1/s1. The second kappa shape index (κ2) is 6.52. The molecule has 6 heteroatoms. The van der Waals surface area contributed by atoms with Gasteiger partial charge in [0.1, 0.15) is 5.82 Å². The number of rotatable bonds is 4. The molecule has 0 aromatic carbocycles. The van der Waals surface area contributed by atoms with Gasteiger partial charge >= 0.3 is 0 Å². The van der Waals surface area contributed by atoms with Crippen molar-refractivity contribution in [2.45, 2.75) is 64.1 Å². The van der Waals surface area contributed by atoms with Crippen molar-refractivity contribution in [1.29, 1.82) is 0 Å². The molecular weight excluding hydrogens is 278 g/mol. The van der Waals surface area contributed by atoms with Crippen molar-refractivity contribution in [3.8, 4) is 0 Å². The molecule has 1 saturated carbocycles. The average molecular weight is 305 g/mol. The zero-order valence-corrected chi connectivity index (χ0v) is 13.7. The maximum absolute atomic E-state index is 9.82. The van der Waals surface area contributed by atoms with Crippen LogP contribution in [0.5, 0.6) is 0 Å². The third-order valence-electron chi connectivity index (χ3n) is 3.61. The Balaban J connectivity index is 2.21. The Morgan fingerprint density at radius 2 is 2.14 bits per heavy atom. The van der Waals surface area contributed by atoms with Crippen molar-refractivity contribution in [1.82, 2.24) is 9.97 Å². The second-order valence-electron chi connectivity index (χ2n) is 7.02. The van der Waals surface area contributed by atoms with Crippen LogP contribution in [0, 0.1) is 0 Å². The van der Waals surface area contributed by atoms with E-state index in [-0.39, 0.29) is 17.7 Å². The first-order valence-corrected chi connectivity index (χ1v) is 7.79. The molecule has 0 unspecified atom stereocenters. The lowest BCUT2D eigenvalue weighted by Crippen LogP contribution is -2.31. The zero-order valence-electron chi connectivity index (χ0n) is 13.7. The Hall–Kier alpha value is -1.82. The van der Waals surface area contributed by atoms with E-state index < -0.39 is 0 Å². The Morgan fingerprint density at radius 3 is 2.73 bits per heavy atom. The maximum atomic E-state index is 9.82. The van der Waals surface area contributed by atoms with E-state index in [1.54, 1.807) is 6.20 Å². The minimum Gasteiger partial charge on any atom is -0.399 e. The number of hydrogen-bond donors (Lipinski definition) is 4. The molecule has 5 N–H and O–H groups in total. The fourth-order valence-corrected chi connectivity index (χ4v) is 2.61. The summed E-state index contributed by atoms with van der Waals surface area (Å²) in [5, 5.41) is 16.5. The predicted molar refractivity (Wildman–Crippen MR) is 90.5 cm³/mol. The Labute approximate surface area is 132 Å². The number of nitrogens with zero attached hydrogens (tertiary/aromatic N) is 2. The molecule has 2 rings (SSSR count). The number of nitrogens with two attached hydrogens (primary N) is 1. The molecule has 0 saturated heterocycles. The molecule has 0 bridgehead atoms. The lowest BCUT2D eigenvalue weighted by molar-refractivity contribution is 0.124. The highest BCUT2D eigenvalue weighted by Gasteiger charge is 2.22. The van der Waals surface area contributed by atoms with Crippen molar-refractivity contribution in [3.63, 3.8) is 0 Å². The van der Waals surface area contributed by atoms with Crippen LogP contribution in [-0.4, -0.2) is 32.8 Å². The van der Waals surface area contributed by atoms with Crippen molar-refractivity contribution in [2.75, 3.05) is 10.6 Å². The highest BCUT2D eigenvalue weighted by atomic mass is 16.3. The highest BCUT2D eigenvalue weighted by Crippen LogP contribution is 2.25. The molecule has 0 aliphatic heterocycles. The largest absolute Gasteiger partial charge is 0.399 e. The fraction of sp³-hybridized carbons (Fsp3) is 0.625. The minimum atomic E-state index is -0.246. The molecule has 122 valence electrons. The van der Waals surface area contributed by atoms with Crippen LogP contribution in [0.2, 0.25) is 0 Å². The number of aromatic nitrogens is 2. The van der Waals surface area contributed by atoms with Gasteiger partial charge in [0.05, 0.1) is 11.7 Å². The molecule has 22 heavy (non-hydrogen) atoms. The van der Waals surface area contributed by atoms with Gasteiger partial charge in [0.2, 0.25) is 5.95 Å². The van der Waals surface area contributed by atoms with Gasteiger partial charge in [0.15, 0.2) is 0 Å². The molecule has 1 heterocycles. The van der Waals surface area contributed by atoms with Crippen LogP contribution >= 0.6 is 0 Å². The first-order chi connectivity index (χ1) is 10.2. The molecule has 1 fully saturated rings. The fourth-order valence-electron chi connectivity index (χ4n) is 2.61. The van der Waals surface area contributed by atoms with E-state index in [0.29, 0.717) is 23.0 Å². The summed E-state index contributed by atoms with van der Waals surface area (Å²) in [6.07, 6.45) is 5.06. The van der Waals surface area contributed by atoms with E-state index in [1.165, 1.54) is 0 Å². The van der Waals surface area contributed by atoms with E-state index in [9.17, 15) is 5.11 Å². The molecule has 1 aliphatic carbocycles. The minimum absolute atomic E-state index is 0.125. The summed E-state index contributed by atoms with van der Waals surface area (Å²) in [5.41, 5.74) is 6.85. The van der Waals surface area contributed by atoms with E-state index in [4.69, 9.17) is 5.73 Å². The van der Waals surface area contributed by atoms with Crippen LogP contribution in [-0.2, 0) is 0 Å². The normalized spacial score (nSPS) is 22.2. The second-order valence-corrected chi connectivity index (χ2v) is 7.02. The molecule has 1 aromatic heterocycles. The lowest BCUT2D eigenvalue weighted by atomic mass is 9.93. The quantitative estimate of drug-likeness (QED) is 0.682. The summed E-state index contributed by atoms with van der Waals surface area (Å²) in [5.74, 6) is 1.23. The third-order valence-corrected chi connectivity index (χ3v) is 3.61. The Bertz CT molecular complexity index is 538. The average Bonchev–Trinajstić information content (AvgIpc) is 2.36. The third kappa shape index (κ3) is 4.59. The molecule has 0 spiro atoms. The molecule has 0 radical (unpaired) electrons. The van der Waals surface area contributed by atoms with Gasteiger partial charge in [-0.05, 0) is 46.5 Å². The summed E-state index contributed by atoms with van der Waals surface area (Å²) < 4.78 is 0. The Morgan fingerprint density at radius 1 is 1.41 bits per heavy atom. The smallest absolute Gasteiger partial charge is 0.225 e. The number of hydrogen-bond acceptors (Lipinski definition) is 6. The molecule has 0 amide bonds. The zero-order chi connectivity index (χ0) is 16.3. The topological polar surface area (TPSA) is 96.1 Å². The van der Waals surface area contributed by atoms with E-state index >= 15 is 0 Å². The molecule has 1 aromatic rings. The number of aliphatic hydroxyl groups excluding tert-OH is 1. The molecule has 1 aliphatic rings. The monoisotopic (exact) mass is 305 g/mol. The van der Waals surface area contributed by atoms with Crippen LogP contribution in [0.4, 0.5) is 11.8 Å². The summed E-state index contributed by atoms with van der Waals surface area (Å²) in [6.45, 7) is 9.94. The van der Waals surface area contributed by atoms with Crippen LogP contribution in [0.15, 0.2) is 12.8 Å².